The minimum absolute atomic E-state index is 0.458. The molecule has 0 aliphatic rings. The molecule has 0 aliphatic carbocycles. The highest BCUT2D eigenvalue weighted by Gasteiger charge is 2.14. The summed E-state index contributed by atoms with van der Waals surface area (Å²) in [4.78, 5) is 0. The second-order valence-corrected chi connectivity index (χ2v) is 8.79. The molecule has 0 saturated carbocycles. The van der Waals surface area contributed by atoms with Gasteiger partial charge in [0.2, 0.25) is 0 Å². The molecule has 32 heavy (non-hydrogen) atoms. The molecule has 0 bridgehead atoms. The van der Waals surface area contributed by atoms with Crippen molar-refractivity contribution in [1.82, 2.24) is 0 Å². The van der Waals surface area contributed by atoms with E-state index in [0.717, 1.165) is 37.6 Å². The Morgan fingerprint density at radius 2 is 1.72 bits per heavy atom. The van der Waals surface area contributed by atoms with Crippen molar-refractivity contribution >= 4 is 44.0 Å². The van der Waals surface area contributed by atoms with Gasteiger partial charge in [-0.15, -0.1) is 0 Å². The highest BCUT2D eigenvalue weighted by atomic mass is 79.9. The Kier molecular flexibility index (Phi) is 7.23. The second kappa shape index (κ2) is 10.3. The van der Waals surface area contributed by atoms with E-state index in [0.29, 0.717) is 25.5 Å². The van der Waals surface area contributed by atoms with Gasteiger partial charge in [-0.3, -0.25) is 0 Å². The molecule has 0 fully saturated rings. The van der Waals surface area contributed by atoms with Crippen LogP contribution >= 0.6 is 27.5 Å². The summed E-state index contributed by atoms with van der Waals surface area (Å²) in [5.41, 5.74) is 4.27. The molecular formula is C27H25BrClNO2. The van der Waals surface area contributed by atoms with Crippen molar-refractivity contribution < 1.29 is 9.47 Å². The fourth-order valence-electron chi connectivity index (χ4n) is 3.69. The zero-order valence-corrected chi connectivity index (χ0v) is 20.5. The number of halogens is 2. The fraction of sp³-hybridized carbons (Fsp3) is 0.185. The van der Waals surface area contributed by atoms with Crippen LogP contribution in [0.15, 0.2) is 77.3 Å². The average molecular weight is 511 g/mol. The molecule has 4 aromatic carbocycles. The van der Waals surface area contributed by atoms with Crippen LogP contribution in [0.4, 0.5) is 5.69 Å². The van der Waals surface area contributed by atoms with Crippen LogP contribution < -0.4 is 14.8 Å². The molecule has 0 amide bonds. The van der Waals surface area contributed by atoms with Crippen LogP contribution in [-0.2, 0) is 13.2 Å². The quantitative estimate of drug-likeness (QED) is 0.259. The maximum atomic E-state index is 6.26. The van der Waals surface area contributed by atoms with Crippen LogP contribution in [0, 0.1) is 6.92 Å². The minimum atomic E-state index is 0.458. The molecule has 0 saturated heterocycles. The second-order valence-electron chi connectivity index (χ2n) is 7.53. The van der Waals surface area contributed by atoms with Crippen LogP contribution in [0.5, 0.6) is 11.5 Å². The lowest BCUT2D eigenvalue weighted by atomic mass is 10.1. The van der Waals surface area contributed by atoms with Gasteiger partial charge in [-0.1, -0.05) is 60.1 Å². The zero-order chi connectivity index (χ0) is 22.5. The Bertz CT molecular complexity index is 1240. The van der Waals surface area contributed by atoms with Crippen molar-refractivity contribution in [3.63, 3.8) is 0 Å². The predicted molar refractivity (Wildman–Crippen MR) is 137 cm³/mol. The van der Waals surface area contributed by atoms with E-state index in [-0.39, 0.29) is 0 Å². The predicted octanol–water partition coefficient (Wildman–Crippen LogP) is 8.15. The third-order valence-corrected chi connectivity index (χ3v) is 6.37. The first-order valence-corrected chi connectivity index (χ1v) is 11.8. The molecule has 3 nitrogen and oxygen atoms in total. The molecule has 0 spiro atoms. The van der Waals surface area contributed by atoms with E-state index in [2.05, 4.69) is 63.7 Å². The topological polar surface area (TPSA) is 30.5 Å². The summed E-state index contributed by atoms with van der Waals surface area (Å²) in [5, 5.41) is 6.62. The number of nitrogens with one attached hydrogen (secondary N) is 1. The lowest BCUT2D eigenvalue weighted by Crippen LogP contribution is -2.05. The third-order valence-electron chi connectivity index (χ3n) is 5.37. The molecule has 0 radical (unpaired) electrons. The fourth-order valence-corrected chi connectivity index (χ4v) is 4.47. The molecule has 0 heterocycles. The molecule has 5 heteroatoms. The Morgan fingerprint density at radius 1 is 0.938 bits per heavy atom. The van der Waals surface area contributed by atoms with E-state index >= 15 is 0 Å². The molecular weight excluding hydrogens is 486 g/mol. The third kappa shape index (κ3) is 5.03. The minimum Gasteiger partial charge on any atom is -0.490 e. The van der Waals surface area contributed by atoms with Crippen LogP contribution in [0.2, 0.25) is 5.02 Å². The summed E-state index contributed by atoms with van der Waals surface area (Å²) in [6.07, 6.45) is 0. The number of hydrogen-bond acceptors (Lipinski definition) is 3. The molecule has 0 aliphatic heterocycles. The highest BCUT2D eigenvalue weighted by Crippen LogP contribution is 2.38. The van der Waals surface area contributed by atoms with E-state index in [9.17, 15) is 0 Å². The van der Waals surface area contributed by atoms with Crippen molar-refractivity contribution in [3.05, 3.63) is 99.0 Å². The molecule has 1 N–H and O–H groups in total. The molecule has 0 aromatic heterocycles. The Labute approximate surface area is 202 Å². The summed E-state index contributed by atoms with van der Waals surface area (Å²) in [7, 11) is 0. The summed E-state index contributed by atoms with van der Waals surface area (Å²) >= 11 is 9.94. The SMILES string of the molecule is CCOc1cc(CNc2cccc(Cl)c2C)cc(Br)c1OCc1cccc2ccccc12. The lowest BCUT2D eigenvalue weighted by molar-refractivity contribution is 0.268. The summed E-state index contributed by atoms with van der Waals surface area (Å²) in [5.74, 6) is 1.43. The Morgan fingerprint density at radius 3 is 2.56 bits per heavy atom. The van der Waals surface area contributed by atoms with Gasteiger partial charge in [0.15, 0.2) is 11.5 Å². The monoisotopic (exact) mass is 509 g/mol. The van der Waals surface area contributed by atoms with E-state index < -0.39 is 0 Å². The summed E-state index contributed by atoms with van der Waals surface area (Å²) in [6.45, 7) is 5.64. The average Bonchev–Trinajstić information content (AvgIpc) is 2.80. The van der Waals surface area contributed by atoms with Crippen LogP contribution in [-0.4, -0.2) is 6.61 Å². The van der Waals surface area contributed by atoms with Crippen molar-refractivity contribution in [3.8, 4) is 11.5 Å². The van der Waals surface area contributed by atoms with Gasteiger partial charge >= 0.3 is 0 Å². The Balaban J connectivity index is 1.55. The normalized spacial score (nSPS) is 10.9. The van der Waals surface area contributed by atoms with Gasteiger partial charge in [-0.2, -0.15) is 0 Å². The first kappa shape index (κ1) is 22.5. The zero-order valence-electron chi connectivity index (χ0n) is 18.1. The molecule has 4 aromatic rings. The summed E-state index contributed by atoms with van der Waals surface area (Å²) in [6, 6.07) is 24.6. The van der Waals surface area contributed by atoms with Crippen molar-refractivity contribution in [2.45, 2.75) is 27.0 Å². The lowest BCUT2D eigenvalue weighted by Gasteiger charge is -2.17. The Hall–Kier alpha value is -2.69. The van der Waals surface area contributed by atoms with Crippen molar-refractivity contribution in [2.75, 3.05) is 11.9 Å². The van der Waals surface area contributed by atoms with Gasteiger partial charge in [0, 0.05) is 17.3 Å². The van der Waals surface area contributed by atoms with E-state index in [1.807, 2.05) is 44.2 Å². The molecule has 4 rings (SSSR count). The van der Waals surface area contributed by atoms with Gasteiger partial charge in [0.25, 0.3) is 0 Å². The van der Waals surface area contributed by atoms with Gasteiger partial charge in [-0.05, 0) is 81.5 Å². The molecule has 164 valence electrons. The van der Waals surface area contributed by atoms with Gasteiger partial charge in [-0.25, -0.2) is 0 Å². The molecule has 0 atom stereocenters. The standard InChI is InChI=1S/C27H25BrClNO2/c1-3-31-26-15-19(16-30-25-13-7-12-24(29)18(25)2)14-23(28)27(26)32-17-21-10-6-9-20-8-4-5-11-22(20)21/h4-15,30H,3,16-17H2,1-2H3. The first-order chi connectivity index (χ1) is 15.6. The smallest absolute Gasteiger partial charge is 0.175 e. The van der Waals surface area contributed by atoms with Gasteiger partial charge in [0.1, 0.15) is 6.61 Å². The maximum Gasteiger partial charge on any atom is 0.175 e. The van der Waals surface area contributed by atoms with E-state index in [4.69, 9.17) is 21.1 Å². The number of rotatable bonds is 8. The van der Waals surface area contributed by atoms with E-state index in [1.165, 1.54) is 10.8 Å². The van der Waals surface area contributed by atoms with Crippen LogP contribution in [0.25, 0.3) is 10.8 Å². The maximum absolute atomic E-state index is 6.26. The van der Waals surface area contributed by atoms with E-state index in [1.54, 1.807) is 0 Å². The van der Waals surface area contributed by atoms with Crippen molar-refractivity contribution in [1.29, 1.82) is 0 Å². The van der Waals surface area contributed by atoms with Gasteiger partial charge < -0.3 is 14.8 Å². The van der Waals surface area contributed by atoms with Crippen LogP contribution in [0.1, 0.15) is 23.6 Å². The molecule has 0 unspecified atom stereocenters. The largest absolute Gasteiger partial charge is 0.490 e. The van der Waals surface area contributed by atoms with Gasteiger partial charge in [0.05, 0.1) is 11.1 Å². The first-order valence-electron chi connectivity index (χ1n) is 10.6. The number of benzene rings is 4. The number of anilines is 1. The number of ether oxygens (including phenoxy) is 2. The number of fused-ring (bicyclic) bond motifs is 1. The van der Waals surface area contributed by atoms with Crippen LogP contribution in [0.3, 0.4) is 0 Å². The van der Waals surface area contributed by atoms with Crippen molar-refractivity contribution in [2.24, 2.45) is 0 Å². The highest BCUT2D eigenvalue weighted by molar-refractivity contribution is 9.10. The summed E-state index contributed by atoms with van der Waals surface area (Å²) < 4.78 is 13.0. The number of hydrogen-bond donors (Lipinski definition) is 1.